The van der Waals surface area contributed by atoms with Crippen molar-refractivity contribution >= 4 is 0 Å². The Hall–Kier alpha value is -2.41. The van der Waals surface area contributed by atoms with Crippen LogP contribution in [0.25, 0.3) is 22.4 Å². The zero-order valence-electron chi connectivity index (χ0n) is 21.7. The van der Waals surface area contributed by atoms with Gasteiger partial charge in [0.15, 0.2) is 6.20 Å². The van der Waals surface area contributed by atoms with Crippen LogP contribution in [0.5, 0.6) is 0 Å². The molecule has 0 saturated heterocycles. The molecule has 1 fully saturated rings. The third-order valence-corrected chi connectivity index (χ3v) is 6.81. The van der Waals surface area contributed by atoms with Crippen LogP contribution in [-0.4, -0.2) is 0 Å². The van der Waals surface area contributed by atoms with Crippen molar-refractivity contribution in [3.05, 3.63) is 76.0 Å². The van der Waals surface area contributed by atoms with Crippen LogP contribution in [0.4, 0.5) is 0 Å². The van der Waals surface area contributed by atoms with Crippen molar-refractivity contribution in [2.45, 2.75) is 65.1 Å². The van der Waals surface area contributed by atoms with Gasteiger partial charge in [-0.25, -0.2) is 4.57 Å². The van der Waals surface area contributed by atoms with E-state index in [0.717, 1.165) is 44.2 Å². The molecule has 5 rings (SSSR count). The second kappa shape index (κ2) is 7.13. The molecule has 1 aromatic heterocycles. The minimum Gasteiger partial charge on any atom is -0.201 e. The van der Waals surface area contributed by atoms with Gasteiger partial charge in [0, 0.05) is 17.1 Å². The average molecular weight is 387 g/mol. The van der Waals surface area contributed by atoms with Crippen molar-refractivity contribution in [3.63, 3.8) is 0 Å². The van der Waals surface area contributed by atoms with E-state index in [4.69, 9.17) is 4.11 Å². The van der Waals surface area contributed by atoms with Crippen molar-refractivity contribution in [2.75, 3.05) is 0 Å². The van der Waals surface area contributed by atoms with Crippen LogP contribution in [-0.2, 0) is 13.5 Å². The summed E-state index contributed by atoms with van der Waals surface area (Å²) < 4.78 is 35.9. The fourth-order valence-electron chi connectivity index (χ4n) is 5.32. The molecule has 1 nitrogen and oxygen atoms in total. The summed E-state index contributed by atoms with van der Waals surface area (Å²) in [5.41, 5.74) is 10.9. The largest absolute Gasteiger partial charge is 0.213 e. The fraction of sp³-hybridized carbons (Fsp3) is 0.393. The molecule has 1 saturated carbocycles. The molecule has 0 bridgehead atoms. The molecule has 0 spiro atoms. The van der Waals surface area contributed by atoms with Gasteiger partial charge in [-0.05, 0) is 79.2 Å². The van der Waals surface area contributed by atoms with E-state index in [2.05, 4.69) is 44.2 Å². The minimum atomic E-state index is -2.24. The zero-order chi connectivity index (χ0) is 23.5. The van der Waals surface area contributed by atoms with E-state index >= 15 is 0 Å². The number of aromatic nitrogens is 1. The molecule has 29 heavy (non-hydrogen) atoms. The number of pyridine rings is 1. The van der Waals surface area contributed by atoms with Gasteiger partial charge in [0.25, 0.3) is 0 Å². The standard InChI is InChI=1S/C28H32N/c1-18-10-12-23-22(14-18)15-26-24(23)13-11-19(2)28(26)27-16-25(20(3)17-29(27)4)21-8-6-5-7-9-21/h10-14,16-17,21H,5-9,15H2,1-4H3/q+1/i3D3,21D. The maximum Gasteiger partial charge on any atom is 0.213 e. The molecule has 3 aromatic rings. The third-order valence-electron chi connectivity index (χ3n) is 6.81. The zero-order valence-corrected chi connectivity index (χ0v) is 17.7. The number of nitrogens with zero attached hydrogens (tertiary/aromatic N) is 1. The van der Waals surface area contributed by atoms with Crippen molar-refractivity contribution in [3.8, 4) is 22.4 Å². The Labute approximate surface area is 181 Å². The lowest BCUT2D eigenvalue weighted by Crippen LogP contribution is -2.32. The topological polar surface area (TPSA) is 3.88 Å². The van der Waals surface area contributed by atoms with Crippen LogP contribution in [0.15, 0.2) is 42.6 Å². The highest BCUT2D eigenvalue weighted by Gasteiger charge is 2.28. The van der Waals surface area contributed by atoms with Gasteiger partial charge in [-0.1, -0.05) is 55.2 Å². The number of hydrogen-bond acceptors (Lipinski definition) is 0. The maximum absolute atomic E-state index is 9.29. The van der Waals surface area contributed by atoms with Gasteiger partial charge in [0.1, 0.15) is 7.05 Å². The Morgan fingerprint density at radius 1 is 0.966 bits per heavy atom. The van der Waals surface area contributed by atoms with Crippen LogP contribution in [0.1, 0.15) is 76.9 Å². The van der Waals surface area contributed by atoms with Crippen molar-refractivity contribution in [1.82, 2.24) is 0 Å². The monoisotopic (exact) mass is 386 g/mol. The number of benzene rings is 2. The van der Waals surface area contributed by atoms with Crippen LogP contribution in [0.3, 0.4) is 0 Å². The summed E-state index contributed by atoms with van der Waals surface area (Å²) in [4.78, 5) is 0. The molecule has 0 unspecified atom stereocenters. The van der Waals surface area contributed by atoms with E-state index in [0.29, 0.717) is 11.1 Å². The fourth-order valence-corrected chi connectivity index (χ4v) is 5.32. The van der Waals surface area contributed by atoms with Crippen LogP contribution in [0.2, 0.25) is 0 Å². The first kappa shape index (κ1) is 14.6. The van der Waals surface area contributed by atoms with Crippen LogP contribution < -0.4 is 4.57 Å². The second-order valence-electron chi connectivity index (χ2n) is 8.88. The van der Waals surface area contributed by atoms with Crippen molar-refractivity contribution in [1.29, 1.82) is 0 Å². The Morgan fingerprint density at radius 2 is 1.76 bits per heavy atom. The number of hydrogen-bond donors (Lipinski definition) is 0. The van der Waals surface area contributed by atoms with Gasteiger partial charge in [-0.15, -0.1) is 0 Å². The lowest BCUT2D eigenvalue weighted by molar-refractivity contribution is -0.660. The molecular formula is C28H32N+. The van der Waals surface area contributed by atoms with E-state index in [-0.39, 0.29) is 0 Å². The Bertz CT molecular complexity index is 1250. The van der Waals surface area contributed by atoms with E-state index in [1.807, 2.05) is 17.7 Å². The Morgan fingerprint density at radius 3 is 2.55 bits per heavy atom. The lowest BCUT2D eigenvalue weighted by Gasteiger charge is -2.23. The molecule has 0 amide bonds. The van der Waals surface area contributed by atoms with Gasteiger partial charge < -0.3 is 0 Å². The third kappa shape index (κ3) is 3.12. The number of rotatable bonds is 2. The lowest BCUT2D eigenvalue weighted by atomic mass is 9.82. The number of fused-ring (bicyclic) bond motifs is 3. The molecule has 0 radical (unpaired) electrons. The molecule has 2 aliphatic carbocycles. The predicted octanol–water partition coefficient (Wildman–Crippen LogP) is 6.72. The van der Waals surface area contributed by atoms with Gasteiger partial charge >= 0.3 is 0 Å². The van der Waals surface area contributed by atoms with E-state index in [1.54, 1.807) is 6.20 Å². The van der Waals surface area contributed by atoms with Gasteiger partial charge in [-0.2, -0.15) is 0 Å². The van der Waals surface area contributed by atoms with E-state index in [1.165, 1.54) is 38.9 Å². The Kier molecular flexibility index (Phi) is 3.58. The number of aryl methyl sites for hydroxylation is 4. The summed E-state index contributed by atoms with van der Waals surface area (Å²) in [6.07, 6.45) is 7.18. The highest BCUT2D eigenvalue weighted by molar-refractivity contribution is 5.85. The summed E-state index contributed by atoms with van der Waals surface area (Å²) in [6, 6.07) is 13.1. The quantitative estimate of drug-likeness (QED) is 0.337. The molecule has 1 heteroatoms. The molecule has 2 aliphatic rings. The van der Waals surface area contributed by atoms with Crippen LogP contribution >= 0.6 is 0 Å². The van der Waals surface area contributed by atoms with E-state index < -0.39 is 12.7 Å². The molecule has 0 atom stereocenters. The summed E-state index contributed by atoms with van der Waals surface area (Å²) in [5, 5.41) is 0. The summed E-state index contributed by atoms with van der Waals surface area (Å²) in [5.74, 6) is -0.836. The van der Waals surface area contributed by atoms with Crippen LogP contribution in [0, 0.1) is 20.7 Å². The Balaban J connectivity index is 1.74. The summed E-state index contributed by atoms with van der Waals surface area (Å²) >= 11 is 0. The highest BCUT2D eigenvalue weighted by atomic mass is 14.9. The molecule has 0 aliphatic heterocycles. The smallest absolute Gasteiger partial charge is 0.201 e. The second-order valence-corrected chi connectivity index (χ2v) is 8.88. The SMILES string of the molecule is [2H]C([2H])([2H])c1c[n+](C)c(-c2c(C)ccc3c2Cc2cc(C)ccc2-3)cc1C1([2H])CCCCC1. The first-order valence-electron chi connectivity index (χ1n) is 12.9. The van der Waals surface area contributed by atoms with Crippen molar-refractivity contribution in [2.24, 2.45) is 7.05 Å². The summed E-state index contributed by atoms with van der Waals surface area (Å²) in [7, 11) is 1.94. The van der Waals surface area contributed by atoms with E-state index in [9.17, 15) is 1.37 Å². The molecular weight excluding hydrogens is 350 g/mol. The first-order chi connectivity index (χ1) is 15.6. The molecule has 148 valence electrons. The normalized spacial score (nSPS) is 19.6. The molecule has 0 N–H and O–H groups in total. The van der Waals surface area contributed by atoms with Gasteiger partial charge in [0.2, 0.25) is 5.69 Å². The molecule has 2 aromatic carbocycles. The predicted molar refractivity (Wildman–Crippen MR) is 121 cm³/mol. The summed E-state index contributed by atoms with van der Waals surface area (Å²) in [6.45, 7) is 2.03. The van der Waals surface area contributed by atoms with Crippen molar-refractivity contribution < 1.29 is 10.1 Å². The van der Waals surface area contributed by atoms with Gasteiger partial charge in [-0.3, -0.25) is 0 Å². The highest BCUT2D eigenvalue weighted by Crippen LogP contribution is 2.43. The molecule has 1 heterocycles. The first-order valence-corrected chi connectivity index (χ1v) is 10.9. The van der Waals surface area contributed by atoms with Gasteiger partial charge in [0.05, 0.1) is 5.56 Å². The maximum atomic E-state index is 9.29. The minimum absolute atomic E-state index is 0.329. The average Bonchev–Trinajstić information content (AvgIpc) is 3.11.